The normalized spacial score (nSPS) is 11.7. The minimum Gasteiger partial charge on any atom is -0.416 e. The first-order valence-electron chi connectivity index (χ1n) is 6.06. The molecule has 0 aliphatic carbocycles. The quantitative estimate of drug-likeness (QED) is 0.848. The molecule has 0 aliphatic heterocycles. The average Bonchev–Trinajstić information content (AvgIpc) is 2.80. The van der Waals surface area contributed by atoms with Crippen LogP contribution in [0.25, 0.3) is 0 Å². The number of aromatic nitrogens is 4. The lowest BCUT2D eigenvalue weighted by atomic mass is 10.4. The Morgan fingerprint density at radius 2 is 2.05 bits per heavy atom. The van der Waals surface area contributed by atoms with Crippen molar-refractivity contribution in [2.75, 3.05) is 11.9 Å². The van der Waals surface area contributed by atoms with Crippen LogP contribution in [0.1, 0.15) is 25.1 Å². The van der Waals surface area contributed by atoms with E-state index >= 15 is 0 Å². The summed E-state index contributed by atoms with van der Waals surface area (Å²) in [7, 11) is 0. The first-order valence-corrected chi connectivity index (χ1v) is 6.88. The first kappa shape index (κ1) is 15.5. The standard InChI is InChI=1S/C11H12F3N5OS/c1-3-4-15-7-5-8(17-9(16-7)11(12,13)14)21-10-19-18-6(2)20-10/h5H,3-4H2,1-2H3,(H,15,16,17). The zero-order valence-corrected chi connectivity index (χ0v) is 12.0. The second kappa shape index (κ2) is 6.29. The van der Waals surface area contributed by atoms with E-state index in [0.717, 1.165) is 18.2 Å². The summed E-state index contributed by atoms with van der Waals surface area (Å²) in [5.74, 6) is -0.771. The third kappa shape index (κ3) is 4.31. The van der Waals surface area contributed by atoms with Gasteiger partial charge in [-0.05, 0) is 18.2 Å². The number of hydrogen-bond donors (Lipinski definition) is 1. The highest BCUT2D eigenvalue weighted by Crippen LogP contribution is 2.31. The average molecular weight is 319 g/mol. The molecule has 0 atom stereocenters. The van der Waals surface area contributed by atoms with Gasteiger partial charge >= 0.3 is 6.18 Å². The molecular weight excluding hydrogens is 307 g/mol. The third-order valence-electron chi connectivity index (χ3n) is 2.21. The molecule has 0 fully saturated rings. The van der Waals surface area contributed by atoms with Gasteiger partial charge in [-0.1, -0.05) is 6.92 Å². The summed E-state index contributed by atoms with van der Waals surface area (Å²) < 4.78 is 43.5. The smallest absolute Gasteiger partial charge is 0.416 e. The van der Waals surface area contributed by atoms with Crippen molar-refractivity contribution in [1.29, 1.82) is 0 Å². The predicted octanol–water partition coefficient (Wildman–Crippen LogP) is 3.16. The highest BCUT2D eigenvalue weighted by molar-refractivity contribution is 7.99. The van der Waals surface area contributed by atoms with Crippen LogP contribution in [0.15, 0.2) is 20.7 Å². The molecule has 0 bridgehead atoms. The number of aryl methyl sites for hydroxylation is 1. The molecule has 0 spiro atoms. The van der Waals surface area contributed by atoms with E-state index in [-0.39, 0.29) is 16.1 Å². The van der Waals surface area contributed by atoms with Crippen molar-refractivity contribution in [1.82, 2.24) is 20.2 Å². The molecule has 2 aromatic rings. The maximum Gasteiger partial charge on any atom is 0.451 e. The van der Waals surface area contributed by atoms with Gasteiger partial charge in [0.05, 0.1) is 0 Å². The molecule has 2 rings (SSSR count). The fourth-order valence-corrected chi connectivity index (χ4v) is 2.08. The van der Waals surface area contributed by atoms with Crippen LogP contribution in [0.2, 0.25) is 0 Å². The van der Waals surface area contributed by atoms with E-state index in [1.54, 1.807) is 6.92 Å². The minimum atomic E-state index is -4.62. The molecule has 0 amide bonds. The van der Waals surface area contributed by atoms with Crippen LogP contribution in [0.5, 0.6) is 0 Å². The predicted molar refractivity (Wildman–Crippen MR) is 69.0 cm³/mol. The molecule has 0 aliphatic rings. The van der Waals surface area contributed by atoms with Gasteiger partial charge in [-0.15, -0.1) is 10.2 Å². The molecule has 10 heteroatoms. The van der Waals surface area contributed by atoms with Crippen LogP contribution in [-0.4, -0.2) is 26.7 Å². The lowest BCUT2D eigenvalue weighted by molar-refractivity contribution is -0.145. The molecule has 0 aromatic carbocycles. The highest BCUT2D eigenvalue weighted by Gasteiger charge is 2.35. The summed E-state index contributed by atoms with van der Waals surface area (Å²) in [4.78, 5) is 6.94. The first-order chi connectivity index (χ1) is 9.88. The molecule has 21 heavy (non-hydrogen) atoms. The number of rotatable bonds is 5. The van der Waals surface area contributed by atoms with Crippen LogP contribution >= 0.6 is 11.8 Å². The Morgan fingerprint density at radius 1 is 1.29 bits per heavy atom. The Kier molecular flexibility index (Phi) is 4.66. The molecule has 0 unspecified atom stereocenters. The van der Waals surface area contributed by atoms with Crippen molar-refractivity contribution in [3.63, 3.8) is 0 Å². The molecule has 0 saturated carbocycles. The monoisotopic (exact) mass is 319 g/mol. The Bertz CT molecular complexity index is 616. The summed E-state index contributed by atoms with van der Waals surface area (Å²) in [6.45, 7) is 4.00. The molecule has 2 heterocycles. The fraction of sp³-hybridized carbons (Fsp3) is 0.455. The summed E-state index contributed by atoms with van der Waals surface area (Å²) in [6.07, 6.45) is -3.86. The lowest BCUT2D eigenvalue weighted by Gasteiger charge is -2.10. The number of alkyl halides is 3. The van der Waals surface area contributed by atoms with Crippen molar-refractivity contribution in [2.45, 2.75) is 36.7 Å². The number of hydrogen-bond acceptors (Lipinski definition) is 7. The van der Waals surface area contributed by atoms with Crippen molar-refractivity contribution in [2.24, 2.45) is 0 Å². The summed E-state index contributed by atoms with van der Waals surface area (Å²) in [5.41, 5.74) is 0. The van der Waals surface area contributed by atoms with E-state index in [2.05, 4.69) is 25.5 Å². The van der Waals surface area contributed by atoms with Gasteiger partial charge < -0.3 is 9.73 Å². The van der Waals surface area contributed by atoms with Gasteiger partial charge in [-0.3, -0.25) is 0 Å². The molecule has 0 radical (unpaired) electrons. The van der Waals surface area contributed by atoms with Gasteiger partial charge in [0, 0.05) is 19.5 Å². The Morgan fingerprint density at radius 3 is 2.62 bits per heavy atom. The van der Waals surface area contributed by atoms with Crippen LogP contribution in [0, 0.1) is 6.92 Å². The molecule has 1 N–H and O–H groups in total. The van der Waals surface area contributed by atoms with Gasteiger partial charge in [-0.25, -0.2) is 9.97 Å². The van der Waals surface area contributed by atoms with Crippen molar-refractivity contribution < 1.29 is 17.6 Å². The van der Waals surface area contributed by atoms with E-state index in [4.69, 9.17) is 4.42 Å². The maximum atomic E-state index is 12.8. The van der Waals surface area contributed by atoms with Gasteiger partial charge in [-0.2, -0.15) is 13.2 Å². The Hall–Kier alpha value is -1.84. The zero-order chi connectivity index (χ0) is 15.5. The van der Waals surface area contributed by atoms with Gasteiger partial charge in [0.15, 0.2) is 0 Å². The summed E-state index contributed by atoms with van der Waals surface area (Å²) >= 11 is 0.855. The van der Waals surface area contributed by atoms with Crippen LogP contribution in [0.4, 0.5) is 19.0 Å². The second-order valence-electron chi connectivity index (χ2n) is 4.03. The SMILES string of the molecule is CCCNc1cc(Sc2nnc(C)o2)nc(C(F)(F)F)n1. The van der Waals surface area contributed by atoms with Crippen LogP contribution in [0.3, 0.4) is 0 Å². The van der Waals surface area contributed by atoms with E-state index in [0.29, 0.717) is 12.4 Å². The minimum absolute atomic E-state index is 0.0829. The number of nitrogens with one attached hydrogen (secondary N) is 1. The summed E-state index contributed by atoms with van der Waals surface area (Å²) in [6, 6.07) is 1.41. The largest absolute Gasteiger partial charge is 0.451 e. The third-order valence-corrected chi connectivity index (χ3v) is 2.97. The summed E-state index contributed by atoms with van der Waals surface area (Å²) in [5, 5.41) is 10.3. The fourth-order valence-electron chi connectivity index (χ4n) is 1.36. The molecule has 0 saturated heterocycles. The van der Waals surface area contributed by atoms with E-state index in [1.165, 1.54) is 6.07 Å². The van der Waals surface area contributed by atoms with E-state index in [9.17, 15) is 13.2 Å². The Labute approximate surface area is 122 Å². The molecule has 2 aromatic heterocycles. The molecule has 114 valence electrons. The van der Waals surface area contributed by atoms with Crippen molar-refractivity contribution in [3.8, 4) is 0 Å². The zero-order valence-electron chi connectivity index (χ0n) is 11.2. The van der Waals surface area contributed by atoms with Gasteiger partial charge in [0.2, 0.25) is 11.7 Å². The van der Waals surface area contributed by atoms with Crippen LogP contribution < -0.4 is 5.32 Å². The Balaban J connectivity index is 2.30. The van der Waals surface area contributed by atoms with E-state index in [1.807, 2.05) is 6.92 Å². The lowest BCUT2D eigenvalue weighted by Crippen LogP contribution is -2.14. The second-order valence-corrected chi connectivity index (χ2v) is 5.00. The van der Waals surface area contributed by atoms with Crippen molar-refractivity contribution in [3.05, 3.63) is 17.8 Å². The molecule has 6 nitrogen and oxygen atoms in total. The number of nitrogens with zero attached hydrogens (tertiary/aromatic N) is 4. The van der Waals surface area contributed by atoms with Gasteiger partial charge in [0.1, 0.15) is 10.8 Å². The topological polar surface area (TPSA) is 76.7 Å². The van der Waals surface area contributed by atoms with Crippen LogP contribution in [-0.2, 0) is 6.18 Å². The maximum absolute atomic E-state index is 12.8. The highest BCUT2D eigenvalue weighted by atomic mass is 32.2. The van der Waals surface area contributed by atoms with Gasteiger partial charge in [0.25, 0.3) is 5.22 Å². The van der Waals surface area contributed by atoms with Crippen molar-refractivity contribution >= 4 is 17.6 Å². The number of halogens is 3. The number of anilines is 1. The molecular formula is C11H12F3N5OS. The van der Waals surface area contributed by atoms with E-state index < -0.39 is 12.0 Å².